The molecular weight excluding hydrogens is 236 g/mol. The second-order valence-electron chi connectivity index (χ2n) is 4.96. The predicted molar refractivity (Wildman–Crippen MR) is 67.4 cm³/mol. The standard InChI is InChI=1S/C11H20N4OS/c1-9(2)14-5-4-6-15-10(8-14)7-11(13-15)17(3,12)16/h7,9,12H,4-6,8H2,1-3H3. The van der Waals surface area contributed by atoms with E-state index in [1.807, 2.05) is 10.7 Å². The minimum atomic E-state index is -2.70. The minimum Gasteiger partial charge on any atom is -0.295 e. The molecule has 0 bridgehead atoms. The Bertz CT molecular complexity index is 504. The molecule has 17 heavy (non-hydrogen) atoms. The Balaban J connectivity index is 2.33. The molecule has 0 aromatic carbocycles. The van der Waals surface area contributed by atoms with Crippen LogP contribution < -0.4 is 0 Å². The molecule has 2 rings (SSSR count). The van der Waals surface area contributed by atoms with E-state index in [1.54, 1.807) is 0 Å². The molecule has 96 valence electrons. The van der Waals surface area contributed by atoms with Crippen LogP contribution in [0.3, 0.4) is 0 Å². The molecule has 0 spiro atoms. The Morgan fingerprint density at radius 2 is 2.18 bits per heavy atom. The zero-order valence-electron chi connectivity index (χ0n) is 10.6. The summed E-state index contributed by atoms with van der Waals surface area (Å²) >= 11 is 0. The molecule has 1 aliphatic rings. The van der Waals surface area contributed by atoms with Gasteiger partial charge in [0.15, 0.2) is 5.03 Å². The van der Waals surface area contributed by atoms with E-state index in [0.29, 0.717) is 11.1 Å². The van der Waals surface area contributed by atoms with Crippen LogP contribution in [0.1, 0.15) is 26.0 Å². The molecule has 2 heterocycles. The molecule has 1 N–H and O–H groups in total. The highest BCUT2D eigenvalue weighted by molar-refractivity contribution is 7.91. The first-order chi connectivity index (χ1) is 7.88. The van der Waals surface area contributed by atoms with Crippen LogP contribution >= 0.6 is 0 Å². The summed E-state index contributed by atoms with van der Waals surface area (Å²) in [5.74, 6) is 0. The summed E-state index contributed by atoms with van der Waals surface area (Å²) in [7, 11) is -2.70. The largest absolute Gasteiger partial charge is 0.295 e. The first kappa shape index (κ1) is 12.6. The molecule has 0 radical (unpaired) electrons. The summed E-state index contributed by atoms with van der Waals surface area (Å²) in [5.41, 5.74) is 1.08. The summed E-state index contributed by atoms with van der Waals surface area (Å²) in [6.45, 7) is 7.12. The monoisotopic (exact) mass is 256 g/mol. The molecule has 0 saturated heterocycles. The lowest BCUT2D eigenvalue weighted by Crippen LogP contribution is -2.30. The average molecular weight is 256 g/mol. The van der Waals surface area contributed by atoms with Crippen molar-refractivity contribution in [1.82, 2.24) is 14.7 Å². The SMILES string of the molecule is CC(C)N1CCCn2nc(S(C)(=N)=O)cc2C1. The molecule has 1 aromatic heterocycles. The van der Waals surface area contributed by atoms with Gasteiger partial charge in [-0.25, -0.2) is 8.99 Å². The van der Waals surface area contributed by atoms with Crippen molar-refractivity contribution in [2.75, 3.05) is 12.8 Å². The summed E-state index contributed by atoms with van der Waals surface area (Å²) in [6.07, 6.45) is 2.48. The zero-order valence-corrected chi connectivity index (χ0v) is 11.5. The van der Waals surface area contributed by atoms with E-state index >= 15 is 0 Å². The maximum Gasteiger partial charge on any atom is 0.157 e. The molecule has 1 aromatic rings. The van der Waals surface area contributed by atoms with Crippen LogP contribution in [0.4, 0.5) is 0 Å². The summed E-state index contributed by atoms with van der Waals surface area (Å²) in [4.78, 5) is 2.38. The van der Waals surface area contributed by atoms with Gasteiger partial charge in [0.25, 0.3) is 0 Å². The van der Waals surface area contributed by atoms with Crippen molar-refractivity contribution < 1.29 is 4.21 Å². The van der Waals surface area contributed by atoms with Gasteiger partial charge < -0.3 is 0 Å². The lowest BCUT2D eigenvalue weighted by molar-refractivity contribution is 0.216. The maximum absolute atomic E-state index is 11.7. The number of aryl methyl sites for hydroxylation is 1. The van der Waals surface area contributed by atoms with Crippen LogP contribution in [0.15, 0.2) is 11.1 Å². The molecule has 5 nitrogen and oxygen atoms in total. The van der Waals surface area contributed by atoms with Gasteiger partial charge in [-0.1, -0.05) is 0 Å². The van der Waals surface area contributed by atoms with Crippen LogP contribution in [0, 0.1) is 4.78 Å². The molecule has 0 fully saturated rings. The van der Waals surface area contributed by atoms with Crippen molar-refractivity contribution in [2.24, 2.45) is 0 Å². The molecule has 1 unspecified atom stereocenters. The lowest BCUT2D eigenvalue weighted by Gasteiger charge is -2.23. The highest BCUT2D eigenvalue weighted by Crippen LogP contribution is 2.18. The van der Waals surface area contributed by atoms with E-state index in [4.69, 9.17) is 4.78 Å². The fraction of sp³-hybridized carbons (Fsp3) is 0.727. The second-order valence-corrected chi connectivity index (χ2v) is 7.06. The number of hydrogen-bond donors (Lipinski definition) is 1. The van der Waals surface area contributed by atoms with Gasteiger partial charge in [0, 0.05) is 31.9 Å². The van der Waals surface area contributed by atoms with Gasteiger partial charge in [-0.3, -0.25) is 9.58 Å². The van der Waals surface area contributed by atoms with Gasteiger partial charge in [0.2, 0.25) is 0 Å². The maximum atomic E-state index is 11.7. The van der Waals surface area contributed by atoms with Crippen molar-refractivity contribution in [3.05, 3.63) is 11.8 Å². The van der Waals surface area contributed by atoms with Crippen molar-refractivity contribution >= 4 is 9.73 Å². The van der Waals surface area contributed by atoms with Gasteiger partial charge in [0.1, 0.15) is 0 Å². The summed E-state index contributed by atoms with van der Waals surface area (Å²) in [5, 5.41) is 4.72. The molecule has 0 amide bonds. The van der Waals surface area contributed by atoms with Crippen molar-refractivity contribution in [1.29, 1.82) is 4.78 Å². The number of aromatic nitrogens is 2. The average Bonchev–Trinajstić information content (AvgIpc) is 2.50. The molecule has 1 atom stereocenters. The summed E-state index contributed by atoms with van der Waals surface area (Å²) < 4.78 is 21.2. The lowest BCUT2D eigenvalue weighted by atomic mass is 10.3. The van der Waals surface area contributed by atoms with Gasteiger partial charge in [-0.15, -0.1) is 0 Å². The number of rotatable bonds is 2. The fourth-order valence-electron chi connectivity index (χ4n) is 2.09. The fourth-order valence-corrected chi connectivity index (χ4v) is 2.71. The van der Waals surface area contributed by atoms with Crippen LogP contribution in [0.25, 0.3) is 0 Å². The number of hydrogen-bond acceptors (Lipinski definition) is 4. The number of nitrogens with zero attached hydrogens (tertiary/aromatic N) is 3. The topological polar surface area (TPSA) is 62.0 Å². The van der Waals surface area contributed by atoms with Crippen LogP contribution in [0.2, 0.25) is 0 Å². The van der Waals surface area contributed by atoms with E-state index < -0.39 is 9.73 Å². The van der Waals surface area contributed by atoms with Crippen LogP contribution in [-0.2, 0) is 22.8 Å². The second kappa shape index (κ2) is 4.42. The van der Waals surface area contributed by atoms with Gasteiger partial charge in [0.05, 0.1) is 15.4 Å². The molecule has 0 aliphatic carbocycles. The van der Waals surface area contributed by atoms with Crippen molar-refractivity contribution in [2.45, 2.75) is 44.4 Å². The Hall–Kier alpha value is -0.880. The van der Waals surface area contributed by atoms with E-state index in [1.165, 1.54) is 6.26 Å². The van der Waals surface area contributed by atoms with Crippen molar-refractivity contribution in [3.63, 3.8) is 0 Å². The quantitative estimate of drug-likeness (QED) is 0.873. The van der Waals surface area contributed by atoms with Crippen LogP contribution in [0.5, 0.6) is 0 Å². The normalized spacial score (nSPS) is 20.9. The smallest absolute Gasteiger partial charge is 0.157 e. The van der Waals surface area contributed by atoms with Gasteiger partial charge >= 0.3 is 0 Å². The zero-order chi connectivity index (χ0) is 12.6. The minimum absolute atomic E-state index is 0.415. The third kappa shape index (κ3) is 2.69. The Morgan fingerprint density at radius 1 is 1.47 bits per heavy atom. The summed E-state index contributed by atoms with van der Waals surface area (Å²) in [6, 6.07) is 2.33. The molecule has 6 heteroatoms. The number of fused-ring (bicyclic) bond motifs is 1. The molecule has 1 aliphatic heterocycles. The Morgan fingerprint density at radius 3 is 2.76 bits per heavy atom. The first-order valence-corrected chi connectivity index (χ1v) is 7.89. The van der Waals surface area contributed by atoms with Gasteiger partial charge in [-0.2, -0.15) is 5.10 Å². The first-order valence-electron chi connectivity index (χ1n) is 5.92. The van der Waals surface area contributed by atoms with E-state index in [9.17, 15) is 4.21 Å². The molecule has 0 saturated carbocycles. The van der Waals surface area contributed by atoms with E-state index in [-0.39, 0.29) is 0 Å². The van der Waals surface area contributed by atoms with Gasteiger partial charge in [-0.05, 0) is 26.3 Å². The predicted octanol–water partition coefficient (Wildman–Crippen LogP) is 1.53. The molecular formula is C11H20N4OS. The van der Waals surface area contributed by atoms with E-state index in [2.05, 4.69) is 23.8 Å². The Kier molecular flexibility index (Phi) is 3.27. The number of nitrogens with one attached hydrogen (secondary N) is 1. The van der Waals surface area contributed by atoms with Crippen molar-refractivity contribution in [3.8, 4) is 0 Å². The third-order valence-corrected chi connectivity index (χ3v) is 4.15. The van der Waals surface area contributed by atoms with Crippen LogP contribution in [-0.4, -0.2) is 37.7 Å². The highest BCUT2D eigenvalue weighted by Gasteiger charge is 2.20. The Labute approximate surface area is 103 Å². The third-order valence-electron chi connectivity index (χ3n) is 3.15. The van der Waals surface area contributed by atoms with E-state index in [0.717, 1.165) is 31.7 Å². The highest BCUT2D eigenvalue weighted by atomic mass is 32.2.